The Morgan fingerprint density at radius 2 is 1.95 bits per heavy atom. The third-order valence-electron chi connectivity index (χ3n) is 2.44. The zero-order chi connectivity index (χ0) is 13.7. The highest BCUT2D eigenvalue weighted by atomic mass is 35.5. The molecule has 1 aromatic carbocycles. The van der Waals surface area contributed by atoms with E-state index in [4.69, 9.17) is 21.1 Å². The van der Waals surface area contributed by atoms with Gasteiger partial charge in [-0.1, -0.05) is 24.0 Å². The van der Waals surface area contributed by atoms with Crippen molar-refractivity contribution in [3.05, 3.63) is 47.7 Å². The largest absolute Gasteiger partial charge is 0.475 e. The highest BCUT2D eigenvalue weighted by molar-refractivity contribution is 6.18. The number of rotatable bonds is 3. The number of halogens is 1. The van der Waals surface area contributed by atoms with Gasteiger partial charge in [-0.25, -0.2) is 4.79 Å². The molecule has 2 rings (SSSR count). The van der Waals surface area contributed by atoms with Gasteiger partial charge < -0.3 is 9.52 Å². The van der Waals surface area contributed by atoms with E-state index in [1.54, 1.807) is 6.07 Å². The van der Waals surface area contributed by atoms with E-state index in [9.17, 15) is 4.79 Å². The Morgan fingerprint density at radius 1 is 1.21 bits per heavy atom. The Kier molecular flexibility index (Phi) is 4.27. The van der Waals surface area contributed by atoms with Gasteiger partial charge in [-0.15, -0.1) is 11.6 Å². The van der Waals surface area contributed by atoms with Crippen LogP contribution in [0.5, 0.6) is 0 Å². The van der Waals surface area contributed by atoms with Gasteiger partial charge in [0.25, 0.3) is 0 Å². The number of carboxylic acids is 1. The van der Waals surface area contributed by atoms with Crippen molar-refractivity contribution in [3.63, 3.8) is 0 Å². The number of benzene rings is 1. The minimum Gasteiger partial charge on any atom is -0.475 e. The fourth-order valence-electron chi connectivity index (χ4n) is 1.54. The Labute approximate surface area is 115 Å². The SMILES string of the molecule is O=C(O)c1ccc(-c2ccc(C#CCCCl)cc2)o1. The van der Waals surface area contributed by atoms with Gasteiger partial charge in [0.1, 0.15) is 5.76 Å². The van der Waals surface area contributed by atoms with E-state index in [2.05, 4.69) is 11.8 Å². The van der Waals surface area contributed by atoms with E-state index >= 15 is 0 Å². The van der Waals surface area contributed by atoms with E-state index < -0.39 is 5.97 Å². The van der Waals surface area contributed by atoms with E-state index in [1.807, 2.05) is 24.3 Å². The second kappa shape index (κ2) is 6.12. The maximum absolute atomic E-state index is 10.7. The van der Waals surface area contributed by atoms with Crippen LogP contribution in [0.15, 0.2) is 40.8 Å². The van der Waals surface area contributed by atoms with Crippen LogP contribution in [0.4, 0.5) is 0 Å². The quantitative estimate of drug-likeness (QED) is 0.687. The van der Waals surface area contributed by atoms with Crippen LogP contribution in [-0.2, 0) is 0 Å². The van der Waals surface area contributed by atoms with Crippen molar-refractivity contribution in [2.75, 3.05) is 5.88 Å². The van der Waals surface area contributed by atoms with Crippen molar-refractivity contribution in [3.8, 4) is 23.2 Å². The van der Waals surface area contributed by atoms with E-state index in [1.165, 1.54) is 6.07 Å². The summed E-state index contributed by atoms with van der Waals surface area (Å²) in [6.07, 6.45) is 0.656. The molecule has 0 saturated carbocycles. The molecule has 3 nitrogen and oxygen atoms in total. The number of hydrogen-bond acceptors (Lipinski definition) is 2. The van der Waals surface area contributed by atoms with Crippen molar-refractivity contribution in [2.24, 2.45) is 0 Å². The summed E-state index contributed by atoms with van der Waals surface area (Å²) in [6.45, 7) is 0. The average molecular weight is 275 g/mol. The first-order chi connectivity index (χ1) is 9.20. The van der Waals surface area contributed by atoms with E-state index in [0.29, 0.717) is 18.1 Å². The third-order valence-corrected chi connectivity index (χ3v) is 2.63. The molecular weight excluding hydrogens is 264 g/mol. The number of alkyl halides is 1. The fourth-order valence-corrected chi connectivity index (χ4v) is 1.63. The average Bonchev–Trinajstić information content (AvgIpc) is 2.90. The molecule has 4 heteroatoms. The molecule has 1 aromatic heterocycles. The molecule has 19 heavy (non-hydrogen) atoms. The maximum Gasteiger partial charge on any atom is 0.371 e. The normalized spacial score (nSPS) is 9.74. The zero-order valence-electron chi connectivity index (χ0n) is 10.0. The number of carboxylic acid groups (broad SMARTS) is 1. The zero-order valence-corrected chi connectivity index (χ0v) is 10.8. The Morgan fingerprint density at radius 3 is 2.53 bits per heavy atom. The van der Waals surface area contributed by atoms with Crippen LogP contribution in [0.1, 0.15) is 22.5 Å². The lowest BCUT2D eigenvalue weighted by Gasteiger charge is -1.97. The standard InChI is InChI=1S/C15H11ClO3/c16-10-2-1-3-11-4-6-12(7-5-11)13-8-9-14(19-13)15(17)18/h4-9H,2,10H2,(H,17,18). The smallest absolute Gasteiger partial charge is 0.371 e. The van der Waals surface area contributed by atoms with Crippen molar-refractivity contribution in [2.45, 2.75) is 6.42 Å². The summed E-state index contributed by atoms with van der Waals surface area (Å²) in [7, 11) is 0. The van der Waals surface area contributed by atoms with Crippen LogP contribution < -0.4 is 0 Å². The Bertz CT molecular complexity index is 629. The number of aromatic carboxylic acids is 1. The van der Waals surface area contributed by atoms with Crippen LogP contribution in [-0.4, -0.2) is 17.0 Å². The molecule has 0 atom stereocenters. The molecule has 0 aliphatic carbocycles. The van der Waals surface area contributed by atoms with Gasteiger partial charge in [-0.05, 0) is 24.3 Å². The van der Waals surface area contributed by atoms with Gasteiger partial charge in [0.05, 0.1) is 0 Å². The maximum atomic E-state index is 10.7. The summed E-state index contributed by atoms with van der Waals surface area (Å²) in [5.41, 5.74) is 1.70. The van der Waals surface area contributed by atoms with E-state index in [0.717, 1.165) is 11.1 Å². The van der Waals surface area contributed by atoms with Gasteiger partial charge >= 0.3 is 5.97 Å². The molecule has 0 saturated heterocycles. The van der Waals surface area contributed by atoms with Gasteiger partial charge in [0, 0.05) is 23.4 Å². The molecule has 1 N–H and O–H groups in total. The first-order valence-corrected chi connectivity index (χ1v) is 6.22. The molecule has 96 valence electrons. The molecule has 0 unspecified atom stereocenters. The van der Waals surface area contributed by atoms with Crippen LogP contribution in [0.25, 0.3) is 11.3 Å². The number of furan rings is 1. The topological polar surface area (TPSA) is 50.4 Å². The van der Waals surface area contributed by atoms with Crippen LogP contribution in [0, 0.1) is 11.8 Å². The lowest BCUT2D eigenvalue weighted by Crippen LogP contribution is -1.91. The number of carbonyl (C=O) groups is 1. The minimum absolute atomic E-state index is 0.0685. The van der Waals surface area contributed by atoms with E-state index in [-0.39, 0.29) is 5.76 Å². The molecule has 0 spiro atoms. The molecule has 2 aromatic rings. The molecule has 1 heterocycles. The van der Waals surface area contributed by atoms with Crippen LogP contribution in [0.3, 0.4) is 0 Å². The molecular formula is C15H11ClO3. The molecule has 0 fully saturated rings. The minimum atomic E-state index is -1.07. The summed E-state index contributed by atoms with van der Waals surface area (Å²) in [5, 5.41) is 8.79. The van der Waals surface area contributed by atoms with Crippen LogP contribution >= 0.6 is 11.6 Å². The predicted octanol–water partition coefficient (Wildman–Crippen LogP) is 3.63. The molecule has 0 aliphatic rings. The highest BCUT2D eigenvalue weighted by Crippen LogP contribution is 2.22. The second-order valence-corrected chi connectivity index (χ2v) is 4.17. The van der Waals surface area contributed by atoms with Gasteiger partial charge in [0.2, 0.25) is 5.76 Å². The highest BCUT2D eigenvalue weighted by Gasteiger charge is 2.09. The molecule has 0 bridgehead atoms. The molecule has 0 radical (unpaired) electrons. The van der Waals surface area contributed by atoms with Crippen molar-refractivity contribution in [1.82, 2.24) is 0 Å². The lowest BCUT2D eigenvalue weighted by molar-refractivity contribution is 0.0663. The number of hydrogen-bond donors (Lipinski definition) is 1. The monoisotopic (exact) mass is 274 g/mol. The Hall–Kier alpha value is -2.18. The van der Waals surface area contributed by atoms with Crippen molar-refractivity contribution >= 4 is 17.6 Å². The molecule has 0 aliphatic heterocycles. The van der Waals surface area contributed by atoms with Crippen molar-refractivity contribution < 1.29 is 14.3 Å². The first-order valence-electron chi connectivity index (χ1n) is 5.69. The summed E-state index contributed by atoms with van der Waals surface area (Å²) in [5.74, 6) is 5.84. The fraction of sp³-hybridized carbons (Fsp3) is 0.133. The third kappa shape index (κ3) is 3.40. The van der Waals surface area contributed by atoms with Crippen LogP contribution in [0.2, 0.25) is 0 Å². The summed E-state index contributed by atoms with van der Waals surface area (Å²) in [4.78, 5) is 10.7. The predicted molar refractivity (Wildman–Crippen MR) is 73.3 cm³/mol. The van der Waals surface area contributed by atoms with Gasteiger partial charge in [-0.2, -0.15) is 0 Å². The lowest BCUT2D eigenvalue weighted by atomic mass is 10.1. The first kappa shape index (κ1) is 13.3. The van der Waals surface area contributed by atoms with Gasteiger partial charge in [0.15, 0.2) is 0 Å². The summed E-state index contributed by atoms with van der Waals surface area (Å²) >= 11 is 5.54. The second-order valence-electron chi connectivity index (χ2n) is 3.79. The Balaban J connectivity index is 2.18. The molecule has 0 amide bonds. The summed E-state index contributed by atoms with van der Waals surface area (Å²) < 4.78 is 5.22. The van der Waals surface area contributed by atoms with Gasteiger partial charge in [-0.3, -0.25) is 0 Å². The van der Waals surface area contributed by atoms with Crippen molar-refractivity contribution in [1.29, 1.82) is 0 Å². The summed E-state index contributed by atoms with van der Waals surface area (Å²) in [6, 6.07) is 10.5.